The third-order valence-corrected chi connectivity index (χ3v) is 7.03. The summed E-state index contributed by atoms with van der Waals surface area (Å²) in [5.41, 5.74) is 1.04. The van der Waals surface area contributed by atoms with E-state index < -0.39 is 20.7 Å². The molecule has 6 nitrogen and oxygen atoms in total. The van der Waals surface area contributed by atoms with Crippen LogP contribution in [-0.4, -0.2) is 50.3 Å². The summed E-state index contributed by atoms with van der Waals surface area (Å²) in [5.74, 6) is -0.466. The minimum Gasteiger partial charge on any atom is -0.494 e. The molecular weight excluding hydrogens is 407 g/mol. The van der Waals surface area contributed by atoms with Crippen molar-refractivity contribution in [3.63, 3.8) is 0 Å². The van der Waals surface area contributed by atoms with Gasteiger partial charge in [0.15, 0.2) is 0 Å². The van der Waals surface area contributed by atoms with Crippen LogP contribution >= 0.6 is 0 Å². The molecule has 0 bridgehead atoms. The van der Waals surface area contributed by atoms with Crippen molar-refractivity contribution >= 4 is 15.9 Å². The van der Waals surface area contributed by atoms with E-state index >= 15 is 0 Å². The Kier molecular flexibility index (Phi) is 7.10. The lowest BCUT2D eigenvalue weighted by Crippen LogP contribution is -2.36. The van der Waals surface area contributed by atoms with Crippen molar-refractivity contribution in [2.45, 2.75) is 37.6 Å². The summed E-state index contributed by atoms with van der Waals surface area (Å²) in [6, 6.07) is 10.9. The van der Waals surface area contributed by atoms with Crippen LogP contribution < -0.4 is 4.74 Å². The fraction of sp³-hybridized carbons (Fsp3) is 0.409. The van der Waals surface area contributed by atoms with E-state index in [1.165, 1.54) is 15.3 Å². The number of nitrogens with zero attached hydrogens (tertiary/aromatic N) is 2. The van der Waals surface area contributed by atoms with Crippen molar-refractivity contribution in [3.05, 3.63) is 59.4 Å². The Labute approximate surface area is 177 Å². The van der Waals surface area contributed by atoms with Crippen molar-refractivity contribution < 1.29 is 22.3 Å². The van der Waals surface area contributed by atoms with Gasteiger partial charge in [-0.25, -0.2) is 12.8 Å². The number of sulfonamides is 1. The molecule has 162 valence electrons. The Morgan fingerprint density at radius 1 is 1.10 bits per heavy atom. The van der Waals surface area contributed by atoms with Gasteiger partial charge in [0.25, 0.3) is 5.91 Å². The number of rotatable bonds is 7. The minimum absolute atomic E-state index is 0.139. The first-order valence-corrected chi connectivity index (χ1v) is 11.5. The highest BCUT2D eigenvalue weighted by atomic mass is 32.2. The van der Waals surface area contributed by atoms with Gasteiger partial charge >= 0.3 is 0 Å². The molecule has 0 atom stereocenters. The van der Waals surface area contributed by atoms with Gasteiger partial charge in [-0.15, -0.1) is 0 Å². The quantitative estimate of drug-likeness (QED) is 0.667. The molecule has 3 rings (SSSR count). The first-order chi connectivity index (χ1) is 14.3. The topological polar surface area (TPSA) is 66.9 Å². The van der Waals surface area contributed by atoms with Crippen LogP contribution in [0.3, 0.4) is 0 Å². The molecule has 1 heterocycles. The summed E-state index contributed by atoms with van der Waals surface area (Å²) in [6.07, 6.45) is 2.47. The van der Waals surface area contributed by atoms with Gasteiger partial charge in [0.05, 0.1) is 6.61 Å². The largest absolute Gasteiger partial charge is 0.494 e. The molecule has 0 N–H and O–H groups in total. The molecule has 0 saturated carbocycles. The Hall–Kier alpha value is -2.45. The summed E-state index contributed by atoms with van der Waals surface area (Å²) < 4.78 is 46.9. The minimum atomic E-state index is -3.97. The van der Waals surface area contributed by atoms with E-state index in [1.54, 1.807) is 7.05 Å². The van der Waals surface area contributed by atoms with Gasteiger partial charge in [-0.2, -0.15) is 4.31 Å². The molecule has 1 aliphatic rings. The maximum Gasteiger partial charge on any atom is 0.253 e. The van der Waals surface area contributed by atoms with Crippen LogP contribution in [0, 0.1) is 5.82 Å². The second-order valence-corrected chi connectivity index (χ2v) is 9.25. The average molecular weight is 435 g/mol. The summed E-state index contributed by atoms with van der Waals surface area (Å²) in [7, 11) is -2.34. The highest BCUT2D eigenvalue weighted by Gasteiger charge is 2.29. The van der Waals surface area contributed by atoms with Crippen molar-refractivity contribution in [1.82, 2.24) is 9.21 Å². The second kappa shape index (κ2) is 9.57. The van der Waals surface area contributed by atoms with Crippen LogP contribution in [0.2, 0.25) is 0 Å². The maximum atomic E-state index is 14.4. The Balaban J connectivity index is 1.78. The monoisotopic (exact) mass is 434 g/mol. The van der Waals surface area contributed by atoms with Gasteiger partial charge in [-0.1, -0.05) is 18.6 Å². The summed E-state index contributed by atoms with van der Waals surface area (Å²) >= 11 is 0. The SMILES string of the molecule is CCOc1ccc(CN(C)C(=O)c2ccc(F)c(S(=O)(=O)N3CCCCC3)c2)cc1. The fourth-order valence-corrected chi connectivity index (χ4v) is 5.11. The number of carbonyl (C=O) groups is 1. The van der Waals surface area contributed by atoms with Gasteiger partial charge in [-0.3, -0.25) is 4.79 Å². The van der Waals surface area contributed by atoms with Crippen LogP contribution in [0.5, 0.6) is 5.75 Å². The van der Waals surface area contributed by atoms with Crippen molar-refractivity contribution in [2.24, 2.45) is 0 Å². The number of halogens is 1. The Morgan fingerprint density at radius 2 is 1.77 bits per heavy atom. The predicted molar refractivity (Wildman–Crippen MR) is 112 cm³/mol. The maximum absolute atomic E-state index is 14.4. The van der Waals surface area contributed by atoms with Crippen LogP contribution in [0.1, 0.15) is 42.1 Å². The van der Waals surface area contributed by atoms with Gasteiger partial charge in [-0.05, 0) is 55.7 Å². The molecule has 1 amide bonds. The lowest BCUT2D eigenvalue weighted by atomic mass is 10.1. The number of amides is 1. The van der Waals surface area contributed by atoms with Gasteiger partial charge < -0.3 is 9.64 Å². The molecule has 0 radical (unpaired) electrons. The van der Waals surface area contributed by atoms with E-state index in [1.807, 2.05) is 31.2 Å². The van der Waals surface area contributed by atoms with Gasteiger partial charge in [0.1, 0.15) is 16.5 Å². The molecule has 0 spiro atoms. The van der Waals surface area contributed by atoms with Gasteiger partial charge in [0, 0.05) is 32.2 Å². The Bertz CT molecular complexity index is 987. The van der Waals surface area contributed by atoms with E-state index in [-0.39, 0.29) is 11.5 Å². The second-order valence-electron chi connectivity index (χ2n) is 7.35. The molecule has 1 fully saturated rings. The van der Waals surface area contributed by atoms with E-state index in [2.05, 4.69) is 0 Å². The highest BCUT2D eigenvalue weighted by molar-refractivity contribution is 7.89. The number of hydrogen-bond acceptors (Lipinski definition) is 4. The average Bonchev–Trinajstić information content (AvgIpc) is 2.75. The van der Waals surface area contributed by atoms with Crippen molar-refractivity contribution in [1.29, 1.82) is 0 Å². The summed E-state index contributed by atoms with van der Waals surface area (Å²) in [5, 5.41) is 0. The zero-order chi connectivity index (χ0) is 21.7. The molecule has 0 aliphatic carbocycles. The Morgan fingerprint density at radius 3 is 2.40 bits per heavy atom. The van der Waals surface area contributed by atoms with Crippen LogP contribution in [-0.2, 0) is 16.6 Å². The van der Waals surface area contributed by atoms with Crippen LogP contribution in [0.15, 0.2) is 47.4 Å². The first kappa shape index (κ1) is 22.2. The van der Waals surface area contributed by atoms with Crippen LogP contribution in [0.4, 0.5) is 4.39 Å². The third-order valence-electron chi connectivity index (χ3n) is 5.11. The summed E-state index contributed by atoms with van der Waals surface area (Å²) in [4.78, 5) is 13.9. The molecule has 8 heteroatoms. The number of piperidine rings is 1. The fourth-order valence-electron chi connectivity index (χ4n) is 3.50. The molecule has 0 aromatic heterocycles. The van der Waals surface area contributed by atoms with Crippen LogP contribution in [0.25, 0.3) is 0 Å². The molecule has 1 saturated heterocycles. The summed E-state index contributed by atoms with van der Waals surface area (Å²) in [6.45, 7) is 3.56. The molecule has 1 aliphatic heterocycles. The standard InChI is InChI=1S/C22H27FN2O4S/c1-3-29-19-10-7-17(8-11-19)16-24(2)22(26)18-9-12-20(23)21(15-18)30(27,28)25-13-5-4-6-14-25/h7-12,15H,3-6,13-14,16H2,1-2H3. The lowest BCUT2D eigenvalue weighted by Gasteiger charge is -2.26. The molecule has 2 aromatic carbocycles. The lowest BCUT2D eigenvalue weighted by molar-refractivity contribution is 0.0784. The zero-order valence-corrected chi connectivity index (χ0v) is 18.1. The van der Waals surface area contributed by atoms with E-state index in [9.17, 15) is 17.6 Å². The molecule has 30 heavy (non-hydrogen) atoms. The number of hydrogen-bond donors (Lipinski definition) is 0. The van der Waals surface area contributed by atoms with E-state index in [4.69, 9.17) is 4.74 Å². The number of ether oxygens (including phenoxy) is 1. The molecular formula is C22H27FN2O4S. The molecule has 2 aromatic rings. The first-order valence-electron chi connectivity index (χ1n) is 10.1. The van der Waals surface area contributed by atoms with E-state index in [0.717, 1.165) is 42.7 Å². The highest BCUT2D eigenvalue weighted by Crippen LogP contribution is 2.24. The van der Waals surface area contributed by atoms with Gasteiger partial charge in [0.2, 0.25) is 10.0 Å². The molecule has 0 unspecified atom stereocenters. The number of benzene rings is 2. The third kappa shape index (κ3) is 4.99. The smallest absolute Gasteiger partial charge is 0.253 e. The van der Waals surface area contributed by atoms with E-state index in [0.29, 0.717) is 26.2 Å². The van der Waals surface area contributed by atoms with Crippen molar-refractivity contribution in [2.75, 3.05) is 26.7 Å². The predicted octanol–water partition coefficient (Wildman–Crippen LogP) is 3.67. The zero-order valence-electron chi connectivity index (χ0n) is 17.3. The normalized spacial score (nSPS) is 15.0. The number of carbonyl (C=O) groups excluding carboxylic acids is 1. The van der Waals surface area contributed by atoms with Crippen molar-refractivity contribution in [3.8, 4) is 5.75 Å².